The highest BCUT2D eigenvalue weighted by molar-refractivity contribution is 5.94. The lowest BCUT2D eigenvalue weighted by Gasteiger charge is -2.17. The Bertz CT molecular complexity index is 452. The lowest BCUT2D eigenvalue weighted by atomic mass is 10.3. The maximum atomic E-state index is 11.9. The molecule has 0 aromatic carbocycles. The SMILES string of the molecule is CCN1CCN(c2ccnc(C#N)c2)C1=O. The van der Waals surface area contributed by atoms with Gasteiger partial charge in [0.2, 0.25) is 0 Å². The molecule has 5 nitrogen and oxygen atoms in total. The zero-order valence-corrected chi connectivity index (χ0v) is 9.05. The van der Waals surface area contributed by atoms with Crippen LogP contribution in [0.1, 0.15) is 12.6 Å². The number of nitrogens with zero attached hydrogens (tertiary/aromatic N) is 4. The van der Waals surface area contributed by atoms with Gasteiger partial charge in [0, 0.05) is 31.5 Å². The van der Waals surface area contributed by atoms with Gasteiger partial charge in [-0.15, -0.1) is 0 Å². The molecule has 0 unspecified atom stereocenters. The minimum absolute atomic E-state index is 0.00223. The van der Waals surface area contributed by atoms with Gasteiger partial charge in [-0.05, 0) is 19.1 Å². The Morgan fingerprint density at radius 1 is 1.56 bits per heavy atom. The molecule has 0 aliphatic carbocycles. The van der Waals surface area contributed by atoms with Crippen LogP contribution < -0.4 is 4.90 Å². The monoisotopic (exact) mass is 216 g/mol. The molecule has 2 rings (SSSR count). The predicted molar refractivity (Wildman–Crippen MR) is 58.9 cm³/mol. The summed E-state index contributed by atoms with van der Waals surface area (Å²) in [6.07, 6.45) is 1.55. The van der Waals surface area contributed by atoms with Gasteiger partial charge in [0.05, 0.1) is 0 Å². The topological polar surface area (TPSA) is 60.2 Å². The van der Waals surface area contributed by atoms with Crippen LogP contribution in [0.25, 0.3) is 0 Å². The molecular formula is C11H12N4O. The first-order valence-corrected chi connectivity index (χ1v) is 5.19. The van der Waals surface area contributed by atoms with Crippen molar-refractivity contribution in [1.82, 2.24) is 9.88 Å². The molecule has 0 spiro atoms. The molecule has 16 heavy (non-hydrogen) atoms. The summed E-state index contributed by atoms with van der Waals surface area (Å²) in [6.45, 7) is 4.07. The molecule has 0 saturated carbocycles. The molecular weight excluding hydrogens is 204 g/mol. The van der Waals surface area contributed by atoms with Gasteiger partial charge in [0.25, 0.3) is 0 Å². The zero-order valence-electron chi connectivity index (χ0n) is 9.05. The molecule has 1 aromatic rings. The van der Waals surface area contributed by atoms with Crippen molar-refractivity contribution in [3.05, 3.63) is 24.0 Å². The number of anilines is 1. The Kier molecular flexibility index (Phi) is 2.73. The predicted octanol–water partition coefficient (Wildman–Crippen LogP) is 1.22. The summed E-state index contributed by atoms with van der Waals surface area (Å²) in [5.41, 5.74) is 1.08. The zero-order chi connectivity index (χ0) is 11.5. The van der Waals surface area contributed by atoms with Crippen LogP contribution in [0.15, 0.2) is 18.3 Å². The second-order valence-corrected chi connectivity index (χ2v) is 3.52. The van der Waals surface area contributed by atoms with Crippen molar-refractivity contribution in [1.29, 1.82) is 5.26 Å². The van der Waals surface area contributed by atoms with E-state index in [-0.39, 0.29) is 6.03 Å². The third-order valence-corrected chi connectivity index (χ3v) is 2.65. The van der Waals surface area contributed by atoms with E-state index >= 15 is 0 Å². The number of aromatic nitrogens is 1. The van der Waals surface area contributed by atoms with Crippen molar-refractivity contribution >= 4 is 11.7 Å². The van der Waals surface area contributed by atoms with Gasteiger partial charge >= 0.3 is 6.03 Å². The summed E-state index contributed by atoms with van der Waals surface area (Å²) >= 11 is 0. The van der Waals surface area contributed by atoms with E-state index in [0.717, 1.165) is 12.2 Å². The van der Waals surface area contributed by atoms with Crippen LogP contribution in [0.3, 0.4) is 0 Å². The third-order valence-electron chi connectivity index (χ3n) is 2.65. The normalized spacial score (nSPS) is 15.4. The number of hydrogen-bond donors (Lipinski definition) is 0. The molecule has 1 aliphatic heterocycles. The van der Waals surface area contributed by atoms with E-state index in [9.17, 15) is 4.79 Å². The number of amides is 2. The van der Waals surface area contributed by atoms with Crippen molar-refractivity contribution in [2.45, 2.75) is 6.92 Å². The lowest BCUT2D eigenvalue weighted by molar-refractivity contribution is 0.223. The number of rotatable bonds is 2. The van der Waals surface area contributed by atoms with Crippen LogP contribution in [-0.2, 0) is 0 Å². The Hall–Kier alpha value is -2.09. The standard InChI is InChI=1S/C11H12N4O/c1-2-14-5-6-15(11(14)16)10-3-4-13-9(7-10)8-12/h3-4,7H,2,5-6H2,1H3. The summed E-state index contributed by atoms with van der Waals surface area (Å²) in [7, 11) is 0. The molecule has 1 fully saturated rings. The van der Waals surface area contributed by atoms with E-state index in [1.54, 1.807) is 28.1 Å². The number of likely N-dealkylation sites (N-methyl/N-ethyl adjacent to an activating group) is 1. The molecule has 2 amide bonds. The molecule has 1 aromatic heterocycles. The highest BCUT2D eigenvalue weighted by atomic mass is 16.2. The fourth-order valence-corrected chi connectivity index (χ4v) is 1.76. The van der Waals surface area contributed by atoms with Gasteiger partial charge in [-0.25, -0.2) is 9.78 Å². The van der Waals surface area contributed by atoms with Crippen LogP contribution in [0.5, 0.6) is 0 Å². The van der Waals surface area contributed by atoms with E-state index in [1.807, 2.05) is 13.0 Å². The minimum Gasteiger partial charge on any atom is -0.323 e. The fourth-order valence-electron chi connectivity index (χ4n) is 1.76. The summed E-state index contributed by atoms with van der Waals surface area (Å²) in [4.78, 5) is 19.2. The second kappa shape index (κ2) is 4.19. The number of carbonyl (C=O) groups excluding carboxylic acids is 1. The van der Waals surface area contributed by atoms with E-state index in [4.69, 9.17) is 5.26 Å². The maximum Gasteiger partial charge on any atom is 0.324 e. The third kappa shape index (κ3) is 1.70. The molecule has 82 valence electrons. The molecule has 1 saturated heterocycles. The van der Waals surface area contributed by atoms with Crippen LogP contribution in [-0.4, -0.2) is 35.5 Å². The van der Waals surface area contributed by atoms with Gasteiger partial charge in [-0.2, -0.15) is 5.26 Å². The number of nitriles is 1. The first-order chi connectivity index (χ1) is 7.76. The highest BCUT2D eigenvalue weighted by Gasteiger charge is 2.28. The van der Waals surface area contributed by atoms with Crippen LogP contribution >= 0.6 is 0 Å². The Labute approximate surface area is 93.9 Å². The van der Waals surface area contributed by atoms with Gasteiger partial charge in [0.1, 0.15) is 11.8 Å². The molecule has 1 aliphatic rings. The van der Waals surface area contributed by atoms with Crippen molar-refractivity contribution in [2.24, 2.45) is 0 Å². The van der Waals surface area contributed by atoms with Gasteiger partial charge in [0.15, 0.2) is 0 Å². The Morgan fingerprint density at radius 3 is 3.00 bits per heavy atom. The lowest BCUT2D eigenvalue weighted by Crippen LogP contribution is -2.31. The van der Waals surface area contributed by atoms with Gasteiger partial charge in [-0.1, -0.05) is 0 Å². The molecule has 5 heteroatoms. The minimum atomic E-state index is -0.00223. The second-order valence-electron chi connectivity index (χ2n) is 3.52. The smallest absolute Gasteiger partial charge is 0.323 e. The van der Waals surface area contributed by atoms with E-state index in [0.29, 0.717) is 18.8 Å². The van der Waals surface area contributed by atoms with Crippen LogP contribution in [0, 0.1) is 11.3 Å². The summed E-state index contributed by atoms with van der Waals surface area (Å²) in [6, 6.07) is 5.35. The molecule has 0 radical (unpaired) electrons. The quantitative estimate of drug-likeness (QED) is 0.746. The van der Waals surface area contributed by atoms with Crippen molar-refractivity contribution < 1.29 is 4.79 Å². The number of pyridine rings is 1. The summed E-state index contributed by atoms with van der Waals surface area (Å²) < 4.78 is 0. The van der Waals surface area contributed by atoms with Gasteiger partial charge in [-0.3, -0.25) is 4.90 Å². The number of carbonyl (C=O) groups is 1. The van der Waals surface area contributed by atoms with Crippen LogP contribution in [0.2, 0.25) is 0 Å². The average molecular weight is 216 g/mol. The number of urea groups is 1. The fraction of sp³-hybridized carbons (Fsp3) is 0.364. The van der Waals surface area contributed by atoms with Gasteiger partial charge < -0.3 is 4.90 Å². The summed E-state index contributed by atoms with van der Waals surface area (Å²) in [5, 5.41) is 8.74. The highest BCUT2D eigenvalue weighted by Crippen LogP contribution is 2.19. The molecule has 0 atom stereocenters. The van der Waals surface area contributed by atoms with Crippen molar-refractivity contribution in [2.75, 3.05) is 24.5 Å². The Morgan fingerprint density at radius 2 is 2.38 bits per heavy atom. The Balaban J connectivity index is 2.26. The average Bonchev–Trinajstić information content (AvgIpc) is 2.70. The summed E-state index contributed by atoms with van der Waals surface area (Å²) in [5.74, 6) is 0. The number of hydrogen-bond acceptors (Lipinski definition) is 3. The van der Waals surface area contributed by atoms with E-state index < -0.39 is 0 Å². The van der Waals surface area contributed by atoms with E-state index in [2.05, 4.69) is 4.98 Å². The first kappa shape index (κ1) is 10.4. The molecule has 0 bridgehead atoms. The first-order valence-electron chi connectivity index (χ1n) is 5.19. The van der Waals surface area contributed by atoms with E-state index in [1.165, 1.54) is 0 Å². The van der Waals surface area contributed by atoms with Crippen molar-refractivity contribution in [3.8, 4) is 6.07 Å². The largest absolute Gasteiger partial charge is 0.324 e. The van der Waals surface area contributed by atoms with Crippen molar-refractivity contribution in [3.63, 3.8) is 0 Å². The molecule has 0 N–H and O–H groups in total. The molecule has 2 heterocycles. The van der Waals surface area contributed by atoms with Crippen LogP contribution in [0.4, 0.5) is 10.5 Å². The maximum absolute atomic E-state index is 11.9.